The Labute approximate surface area is 200 Å². The summed E-state index contributed by atoms with van der Waals surface area (Å²) < 4.78 is 24.9. The van der Waals surface area contributed by atoms with Crippen molar-refractivity contribution < 1.29 is 13.2 Å². The highest BCUT2D eigenvalue weighted by atomic mass is 32.2. The number of sulfone groups is 1. The molecule has 0 fully saturated rings. The van der Waals surface area contributed by atoms with E-state index in [0.29, 0.717) is 16.8 Å². The lowest BCUT2D eigenvalue weighted by atomic mass is 9.95. The van der Waals surface area contributed by atoms with Crippen molar-refractivity contribution in [3.8, 4) is 11.3 Å². The molecule has 0 saturated carbocycles. The number of nitrogens with zero attached hydrogens (tertiary/aromatic N) is 1. The van der Waals surface area contributed by atoms with Crippen LogP contribution in [0.15, 0.2) is 84.9 Å². The summed E-state index contributed by atoms with van der Waals surface area (Å²) in [4.78, 5) is 18.1. The fourth-order valence-corrected chi connectivity index (χ4v) is 5.12. The fourth-order valence-electron chi connectivity index (χ4n) is 4.29. The van der Waals surface area contributed by atoms with E-state index in [4.69, 9.17) is 4.98 Å². The van der Waals surface area contributed by atoms with Crippen LogP contribution in [0.4, 0.5) is 0 Å². The summed E-state index contributed by atoms with van der Waals surface area (Å²) in [5, 5.41) is 3.93. The van der Waals surface area contributed by atoms with E-state index >= 15 is 0 Å². The summed E-state index contributed by atoms with van der Waals surface area (Å²) in [5.41, 5.74) is 4.48. The first kappa shape index (κ1) is 23.6. The Balaban J connectivity index is 1.81. The average Bonchev–Trinajstić information content (AvgIpc) is 2.84. The zero-order chi connectivity index (χ0) is 24.1. The zero-order valence-corrected chi connectivity index (χ0v) is 20.2. The van der Waals surface area contributed by atoms with Gasteiger partial charge in [0.05, 0.1) is 29.4 Å². The van der Waals surface area contributed by atoms with Crippen molar-refractivity contribution >= 4 is 26.6 Å². The van der Waals surface area contributed by atoms with Gasteiger partial charge in [0, 0.05) is 17.2 Å². The minimum atomic E-state index is -3.38. The van der Waals surface area contributed by atoms with Gasteiger partial charge in [-0.2, -0.15) is 0 Å². The standard InChI is InChI=1S/C28H28N2O3S/c1-3-25(20-12-6-4-7-13-20)29-27(31)18-23-22-16-10-11-17-26(22)30-28(21-14-8-5-9-15-21)24(23)19-34(2,32)33/h4-17,25H,3,18-19H2,1-2H3,(H,29,31)/t25-/m0/s1. The second kappa shape index (κ2) is 10.2. The molecule has 0 spiro atoms. The van der Waals surface area contributed by atoms with Crippen molar-refractivity contribution in [1.82, 2.24) is 10.3 Å². The molecule has 3 aromatic carbocycles. The molecule has 0 aliphatic carbocycles. The van der Waals surface area contributed by atoms with Gasteiger partial charge in [-0.15, -0.1) is 0 Å². The molecule has 4 aromatic rings. The molecule has 0 bridgehead atoms. The van der Waals surface area contributed by atoms with Gasteiger partial charge >= 0.3 is 0 Å². The van der Waals surface area contributed by atoms with E-state index in [-0.39, 0.29) is 24.1 Å². The van der Waals surface area contributed by atoms with Crippen molar-refractivity contribution in [2.75, 3.05) is 6.26 Å². The summed E-state index contributed by atoms with van der Waals surface area (Å²) in [6.45, 7) is 2.03. The number of amides is 1. The van der Waals surface area contributed by atoms with E-state index in [1.165, 1.54) is 6.26 Å². The maximum absolute atomic E-state index is 13.3. The quantitative estimate of drug-likeness (QED) is 0.380. The molecule has 0 aliphatic rings. The number of rotatable bonds is 8. The van der Waals surface area contributed by atoms with Gasteiger partial charge in [0.1, 0.15) is 0 Å². The first-order valence-corrected chi connectivity index (χ1v) is 13.4. The minimum absolute atomic E-state index is 0.0665. The number of hydrogen-bond acceptors (Lipinski definition) is 4. The summed E-state index contributed by atoms with van der Waals surface area (Å²) in [6.07, 6.45) is 2.03. The number of hydrogen-bond donors (Lipinski definition) is 1. The van der Waals surface area contributed by atoms with Gasteiger partial charge in [-0.3, -0.25) is 4.79 Å². The maximum Gasteiger partial charge on any atom is 0.224 e. The van der Waals surface area contributed by atoms with Gasteiger partial charge in [0.2, 0.25) is 5.91 Å². The van der Waals surface area contributed by atoms with Crippen LogP contribution in [-0.4, -0.2) is 25.6 Å². The topological polar surface area (TPSA) is 76.1 Å². The Morgan fingerprint density at radius 1 is 0.882 bits per heavy atom. The largest absolute Gasteiger partial charge is 0.349 e. The highest BCUT2D eigenvalue weighted by molar-refractivity contribution is 7.89. The third kappa shape index (κ3) is 5.51. The lowest BCUT2D eigenvalue weighted by molar-refractivity contribution is -0.121. The summed E-state index contributed by atoms with van der Waals surface area (Å²) in [6, 6.07) is 26.8. The number of benzene rings is 3. The molecule has 0 aliphatic heterocycles. The molecule has 0 saturated heterocycles. The van der Waals surface area contributed by atoms with Crippen molar-refractivity contribution in [3.05, 3.63) is 102 Å². The Morgan fingerprint density at radius 3 is 2.15 bits per heavy atom. The van der Waals surface area contributed by atoms with Crippen molar-refractivity contribution in [2.45, 2.75) is 31.6 Å². The fraction of sp³-hybridized carbons (Fsp3) is 0.214. The molecular formula is C28H28N2O3S. The molecule has 174 valence electrons. The Bertz CT molecular complexity index is 1400. The van der Waals surface area contributed by atoms with Gasteiger partial charge in [-0.1, -0.05) is 85.8 Å². The molecule has 0 unspecified atom stereocenters. The third-order valence-corrected chi connectivity index (χ3v) is 6.66. The molecule has 5 nitrogen and oxygen atoms in total. The van der Waals surface area contributed by atoms with Crippen LogP contribution in [0.5, 0.6) is 0 Å². The number of carbonyl (C=O) groups is 1. The van der Waals surface area contributed by atoms with Crippen LogP contribution in [0.2, 0.25) is 0 Å². The lowest BCUT2D eigenvalue weighted by Crippen LogP contribution is -2.30. The van der Waals surface area contributed by atoms with Crippen LogP contribution < -0.4 is 5.32 Å². The molecule has 6 heteroatoms. The Kier molecular flexibility index (Phi) is 7.08. The van der Waals surface area contributed by atoms with E-state index in [2.05, 4.69) is 5.32 Å². The van der Waals surface area contributed by atoms with Gasteiger partial charge in [0.25, 0.3) is 0 Å². The van der Waals surface area contributed by atoms with E-state index in [9.17, 15) is 13.2 Å². The van der Waals surface area contributed by atoms with Crippen LogP contribution >= 0.6 is 0 Å². The molecule has 4 rings (SSSR count). The van der Waals surface area contributed by atoms with Crippen LogP contribution in [-0.2, 0) is 26.8 Å². The average molecular weight is 473 g/mol. The zero-order valence-electron chi connectivity index (χ0n) is 19.4. The number of pyridine rings is 1. The maximum atomic E-state index is 13.3. The van der Waals surface area contributed by atoms with Gasteiger partial charge in [-0.25, -0.2) is 13.4 Å². The van der Waals surface area contributed by atoms with Crippen LogP contribution in [0.3, 0.4) is 0 Å². The number of para-hydroxylation sites is 1. The van der Waals surface area contributed by atoms with Crippen molar-refractivity contribution in [2.24, 2.45) is 0 Å². The van der Waals surface area contributed by atoms with Gasteiger partial charge in [0.15, 0.2) is 9.84 Å². The molecule has 1 atom stereocenters. The minimum Gasteiger partial charge on any atom is -0.349 e. The molecule has 1 aromatic heterocycles. The second-order valence-electron chi connectivity index (χ2n) is 8.49. The summed E-state index contributed by atoms with van der Waals surface area (Å²) >= 11 is 0. The molecule has 1 amide bonds. The molecule has 1 N–H and O–H groups in total. The van der Waals surface area contributed by atoms with Crippen LogP contribution in [0.1, 0.15) is 36.1 Å². The van der Waals surface area contributed by atoms with Crippen LogP contribution in [0.25, 0.3) is 22.2 Å². The highest BCUT2D eigenvalue weighted by Gasteiger charge is 2.22. The van der Waals surface area contributed by atoms with Crippen molar-refractivity contribution in [3.63, 3.8) is 0 Å². The van der Waals surface area contributed by atoms with E-state index < -0.39 is 9.84 Å². The first-order valence-electron chi connectivity index (χ1n) is 11.3. The molecular weight excluding hydrogens is 444 g/mol. The number of carbonyl (C=O) groups excluding carboxylic acids is 1. The number of fused-ring (bicyclic) bond motifs is 1. The summed E-state index contributed by atoms with van der Waals surface area (Å²) in [7, 11) is -3.38. The van der Waals surface area contributed by atoms with E-state index in [0.717, 1.165) is 28.5 Å². The Morgan fingerprint density at radius 2 is 1.50 bits per heavy atom. The molecule has 1 heterocycles. The van der Waals surface area contributed by atoms with Crippen molar-refractivity contribution in [1.29, 1.82) is 0 Å². The van der Waals surface area contributed by atoms with Gasteiger partial charge in [-0.05, 0) is 29.2 Å². The van der Waals surface area contributed by atoms with E-state index in [1.807, 2.05) is 91.9 Å². The number of nitrogens with one attached hydrogen (secondary N) is 1. The molecule has 0 radical (unpaired) electrons. The SMILES string of the molecule is CC[C@H](NC(=O)Cc1c(CS(C)(=O)=O)c(-c2ccccc2)nc2ccccc12)c1ccccc1. The predicted octanol–water partition coefficient (Wildman–Crippen LogP) is 5.26. The third-order valence-electron chi connectivity index (χ3n) is 5.85. The Hall–Kier alpha value is -3.51. The smallest absolute Gasteiger partial charge is 0.224 e. The first-order chi connectivity index (χ1) is 16.4. The summed E-state index contributed by atoms with van der Waals surface area (Å²) in [5.74, 6) is -0.339. The van der Waals surface area contributed by atoms with Crippen LogP contribution in [0, 0.1) is 0 Å². The van der Waals surface area contributed by atoms with Gasteiger partial charge < -0.3 is 5.32 Å². The monoisotopic (exact) mass is 472 g/mol. The lowest BCUT2D eigenvalue weighted by Gasteiger charge is -2.20. The second-order valence-corrected chi connectivity index (χ2v) is 10.6. The number of aromatic nitrogens is 1. The highest BCUT2D eigenvalue weighted by Crippen LogP contribution is 2.32. The molecule has 34 heavy (non-hydrogen) atoms. The van der Waals surface area contributed by atoms with E-state index in [1.54, 1.807) is 0 Å². The normalized spacial score (nSPS) is 12.4. The predicted molar refractivity (Wildman–Crippen MR) is 137 cm³/mol.